The Morgan fingerprint density at radius 1 is 0.490 bits per heavy atom. The van der Waals surface area contributed by atoms with Gasteiger partial charge in [-0.15, -0.1) is 0 Å². The van der Waals surface area contributed by atoms with Crippen LogP contribution in [0.3, 0.4) is 0 Å². The van der Waals surface area contributed by atoms with Crippen molar-refractivity contribution in [3.8, 4) is 0 Å². The Morgan fingerprint density at radius 2 is 1.16 bits per heavy atom. The van der Waals surface area contributed by atoms with Gasteiger partial charge in [0.1, 0.15) is 29.2 Å². The van der Waals surface area contributed by atoms with Gasteiger partial charge in [-0.2, -0.15) is 4.98 Å². The molecule has 10 heterocycles. The molecule has 10 aromatic heterocycles. The van der Waals surface area contributed by atoms with Crippen molar-refractivity contribution in [3.63, 3.8) is 0 Å². The second-order valence-corrected chi connectivity index (χ2v) is 9.44. The lowest BCUT2D eigenvalue weighted by atomic mass is 10.5. The van der Waals surface area contributed by atoms with E-state index < -0.39 is 11.2 Å². The van der Waals surface area contributed by atoms with Gasteiger partial charge in [0.05, 0.1) is 44.2 Å². The quantitative estimate of drug-likeness (QED) is 0.0825. The zero-order valence-electron chi connectivity index (χ0n) is 25.4. The van der Waals surface area contributed by atoms with Crippen LogP contribution >= 0.6 is 0 Å². The minimum atomic E-state index is -0.547. The number of rotatable bonds is 0. The van der Waals surface area contributed by atoms with E-state index in [0.29, 0.717) is 33.8 Å². The van der Waals surface area contributed by atoms with Crippen LogP contribution < -0.4 is 33.8 Å². The topological polar surface area (TPSA) is 404 Å². The Hall–Kier alpha value is -8.45. The lowest BCUT2D eigenvalue weighted by Gasteiger charge is -1.89. The van der Waals surface area contributed by atoms with Gasteiger partial charge in [0.15, 0.2) is 45.1 Å². The third-order valence-corrected chi connectivity index (χ3v) is 6.21. The summed E-state index contributed by atoms with van der Waals surface area (Å²) in [5.41, 5.74) is 14.2. The van der Waals surface area contributed by atoms with Gasteiger partial charge in [-0.1, -0.05) is 0 Å². The van der Waals surface area contributed by atoms with Gasteiger partial charge in [-0.3, -0.25) is 29.3 Å². The Kier molecular flexibility index (Phi) is 9.26. The Balaban J connectivity index is 0.000000110. The molecule has 0 aliphatic rings. The number of anilines is 2. The number of nitrogens with one attached hydrogen (secondary N) is 9. The first kappa shape index (κ1) is 32.5. The van der Waals surface area contributed by atoms with Crippen molar-refractivity contribution >= 4 is 67.6 Å². The molecule has 0 saturated carbocycles. The van der Waals surface area contributed by atoms with Gasteiger partial charge < -0.3 is 41.4 Å². The van der Waals surface area contributed by atoms with Crippen molar-refractivity contribution in [1.29, 1.82) is 0 Å². The number of aromatic nitrogens is 20. The number of nitrogens with zero attached hydrogens (tertiary/aromatic N) is 11. The smallest absolute Gasteiger partial charge is 0.327 e. The van der Waals surface area contributed by atoms with E-state index >= 15 is 0 Å². The summed E-state index contributed by atoms with van der Waals surface area (Å²) in [5, 5.41) is 0. The van der Waals surface area contributed by atoms with Crippen molar-refractivity contribution in [2.24, 2.45) is 0 Å². The molecule has 10 aromatic rings. The predicted octanol–water partition coefficient (Wildman–Crippen LogP) is -1.90. The first-order chi connectivity index (χ1) is 24.8. The molecule has 13 N–H and O–H groups in total. The van der Waals surface area contributed by atoms with Crippen molar-refractivity contribution < 1.29 is 0 Å². The summed E-state index contributed by atoms with van der Waals surface area (Å²) in [6, 6.07) is 0. The summed E-state index contributed by atoms with van der Waals surface area (Å²) < 4.78 is 0. The molecule has 0 spiro atoms. The summed E-state index contributed by atoms with van der Waals surface area (Å²) in [6.45, 7) is 0. The Labute approximate surface area is 277 Å². The van der Waals surface area contributed by atoms with Crippen LogP contribution in [-0.4, -0.2) is 99.7 Å². The molecule has 0 unspecified atom stereocenters. The predicted molar refractivity (Wildman–Crippen MR) is 179 cm³/mol. The monoisotopic (exact) mass is 694 g/mol. The number of H-pyrrole nitrogens is 9. The molecule has 26 heteroatoms. The summed E-state index contributed by atoms with van der Waals surface area (Å²) in [4.78, 5) is 108. The number of aromatic amines is 9. The highest BCUT2D eigenvalue weighted by Gasteiger charge is 2.03. The van der Waals surface area contributed by atoms with Crippen molar-refractivity contribution in [1.82, 2.24) is 99.7 Å². The van der Waals surface area contributed by atoms with Crippen LogP contribution in [-0.2, 0) is 0 Å². The van der Waals surface area contributed by atoms with E-state index in [0.717, 1.165) is 11.2 Å². The minimum absolute atomic E-state index is 0.0896. The highest BCUT2D eigenvalue weighted by atomic mass is 16.2. The van der Waals surface area contributed by atoms with Crippen molar-refractivity contribution in [2.45, 2.75) is 0 Å². The molecule has 0 atom stereocenters. The molecule has 0 saturated heterocycles. The SMILES string of the molecule is Nc1nc2[nH]cnc2c(=O)[nH]1.Nc1ncnc2[nH]cnc12.O=c1[nH]c(=O)c2[nH]cnc2[nH]1.O=c1[nH]cnc2nc[nH]c12.c1ncc2nc[nH]c2n1. The van der Waals surface area contributed by atoms with Crippen LogP contribution in [0.1, 0.15) is 0 Å². The Bertz CT molecular complexity index is 2890. The van der Waals surface area contributed by atoms with Crippen LogP contribution in [0.15, 0.2) is 76.0 Å². The van der Waals surface area contributed by atoms with E-state index in [1.165, 1.54) is 44.3 Å². The average Bonchev–Trinajstić information content (AvgIpc) is 3.96. The second-order valence-electron chi connectivity index (χ2n) is 9.44. The fourth-order valence-electron chi connectivity index (χ4n) is 3.98. The lowest BCUT2D eigenvalue weighted by Crippen LogP contribution is -2.21. The summed E-state index contributed by atoms with van der Waals surface area (Å²) >= 11 is 0. The van der Waals surface area contributed by atoms with Gasteiger partial charge in [-0.05, 0) is 0 Å². The second kappa shape index (κ2) is 14.5. The molecule has 0 aromatic carbocycles. The highest BCUT2D eigenvalue weighted by molar-refractivity contribution is 5.80. The van der Waals surface area contributed by atoms with Gasteiger partial charge in [0.2, 0.25) is 5.95 Å². The minimum Gasteiger partial charge on any atom is -0.382 e. The van der Waals surface area contributed by atoms with E-state index in [-0.39, 0.29) is 33.7 Å². The zero-order valence-corrected chi connectivity index (χ0v) is 25.4. The van der Waals surface area contributed by atoms with Crippen LogP contribution in [0.25, 0.3) is 55.8 Å². The summed E-state index contributed by atoms with van der Waals surface area (Å²) in [5.74, 6) is 0.498. The van der Waals surface area contributed by atoms with Crippen LogP contribution in [0.5, 0.6) is 0 Å². The molecular weight excluding hydrogens is 672 g/mol. The molecule has 0 radical (unpaired) electrons. The fourth-order valence-corrected chi connectivity index (χ4v) is 3.98. The van der Waals surface area contributed by atoms with E-state index in [1.807, 2.05) is 0 Å². The molecule has 0 aliphatic carbocycles. The molecule has 0 amide bonds. The number of fused-ring (bicyclic) bond motifs is 5. The number of nitrogen functional groups attached to an aromatic ring is 2. The third kappa shape index (κ3) is 7.59. The maximum atomic E-state index is 11.0. The zero-order chi connectivity index (χ0) is 35.7. The van der Waals surface area contributed by atoms with Crippen LogP contribution in [0.4, 0.5) is 11.8 Å². The van der Waals surface area contributed by atoms with Crippen LogP contribution in [0, 0.1) is 0 Å². The highest BCUT2D eigenvalue weighted by Crippen LogP contribution is 2.09. The molecule has 256 valence electrons. The van der Waals surface area contributed by atoms with E-state index in [2.05, 4.69) is 99.7 Å². The van der Waals surface area contributed by atoms with E-state index in [4.69, 9.17) is 11.5 Å². The number of imidazole rings is 5. The Morgan fingerprint density at radius 3 is 1.94 bits per heavy atom. The maximum absolute atomic E-state index is 11.0. The molecule has 10 rings (SSSR count). The molecular formula is C25H22N22O4. The molecule has 0 bridgehead atoms. The van der Waals surface area contributed by atoms with Gasteiger partial charge >= 0.3 is 5.69 Å². The lowest BCUT2D eigenvalue weighted by molar-refractivity contribution is 1.07. The molecule has 0 aliphatic heterocycles. The summed E-state index contributed by atoms with van der Waals surface area (Å²) in [7, 11) is 0. The van der Waals surface area contributed by atoms with Crippen molar-refractivity contribution in [2.75, 3.05) is 11.5 Å². The van der Waals surface area contributed by atoms with Gasteiger partial charge in [-0.25, -0.2) is 54.6 Å². The largest absolute Gasteiger partial charge is 0.382 e. The normalized spacial score (nSPS) is 10.4. The number of hydrogen-bond donors (Lipinski definition) is 11. The van der Waals surface area contributed by atoms with Gasteiger partial charge in [0, 0.05) is 0 Å². The van der Waals surface area contributed by atoms with E-state index in [1.54, 1.807) is 12.5 Å². The van der Waals surface area contributed by atoms with Gasteiger partial charge in [0.25, 0.3) is 16.7 Å². The molecule has 0 fully saturated rings. The standard InChI is InChI=1S/C5H5N5O.C5H5N5.C5H4N4O2.C5H4N4O.C5H4N4/c6-5-9-3-2(4(11)10-5)7-1-8-3;6-4-3-5(9-1-7-3)10-2-8-4;10-4-2-3(7-1-6-2)8-5(11)9-4;10-5-3-4(7-1-6-3)8-2-9-5;1-4-5(8-2-6-1)9-3-7-4/h1H,(H4,6,7,8,9,10,11);1-2H,(H3,6,7,8,9,10);1H,(H3,6,7,8,9,10,11);1-2H,(H2,6,7,8,9,10);1-3H,(H,6,7,8,9). The molecule has 51 heavy (non-hydrogen) atoms. The third-order valence-electron chi connectivity index (χ3n) is 6.21. The number of nitrogens with two attached hydrogens (primary N) is 2. The van der Waals surface area contributed by atoms with E-state index in [9.17, 15) is 19.2 Å². The summed E-state index contributed by atoms with van der Waals surface area (Å²) in [6.07, 6.45) is 13.2. The first-order valence-corrected chi connectivity index (χ1v) is 14.0. The molecule has 26 nitrogen and oxygen atoms in total. The average molecular weight is 695 g/mol. The first-order valence-electron chi connectivity index (χ1n) is 14.0. The number of hydrogen-bond acceptors (Lipinski definition) is 17. The maximum Gasteiger partial charge on any atom is 0.327 e. The van der Waals surface area contributed by atoms with Crippen LogP contribution in [0.2, 0.25) is 0 Å². The van der Waals surface area contributed by atoms with Crippen molar-refractivity contribution in [3.05, 3.63) is 98.4 Å². The fraction of sp³-hybridized carbons (Fsp3) is 0.